The van der Waals surface area contributed by atoms with Gasteiger partial charge in [0.2, 0.25) is 0 Å². The van der Waals surface area contributed by atoms with Gasteiger partial charge in [-0.15, -0.1) is 0 Å². The van der Waals surface area contributed by atoms with Crippen LogP contribution in [0, 0.1) is 0 Å². The Hall–Kier alpha value is -2.17. The van der Waals surface area contributed by atoms with E-state index in [0.717, 1.165) is 19.3 Å². The van der Waals surface area contributed by atoms with Crippen LogP contribution in [0.3, 0.4) is 0 Å². The molecule has 2 aromatic carbocycles. The number of Topliss-reactive ketones (excluding diaryl/α,β-unsaturated/α-hetero) is 1. The molecule has 0 spiro atoms. The lowest BCUT2D eigenvalue weighted by Crippen LogP contribution is -2.24. The van der Waals surface area contributed by atoms with Crippen LogP contribution in [0.1, 0.15) is 35.7 Å². The fraction of sp³-hybridized carbons (Fsp3) is 0.250. The van der Waals surface area contributed by atoms with E-state index >= 15 is 0 Å². The summed E-state index contributed by atoms with van der Waals surface area (Å²) in [5, 5.41) is 0.964. The zero-order valence-corrected chi connectivity index (χ0v) is 15.8. The van der Waals surface area contributed by atoms with Gasteiger partial charge in [-0.2, -0.15) is 0 Å². The van der Waals surface area contributed by atoms with Crippen molar-refractivity contribution in [3.8, 4) is 0 Å². The standard InChI is InChI=1S/C20H18Cl2N2O2/c1-2-3-4-13-5-7-14(8-6-13)18(25)11-24-12-23-19-16(20(24)26)9-15(21)10-17(19)22/h5-10,12H,2-4,11H2,1H3. The number of hydrogen-bond acceptors (Lipinski definition) is 3. The van der Waals surface area contributed by atoms with E-state index in [1.165, 1.54) is 28.6 Å². The SMILES string of the molecule is CCCCc1ccc(C(=O)Cn2cnc3c(Cl)cc(Cl)cc3c2=O)cc1. The second-order valence-electron chi connectivity index (χ2n) is 6.19. The van der Waals surface area contributed by atoms with Crippen LogP contribution in [0.2, 0.25) is 10.0 Å². The van der Waals surface area contributed by atoms with Gasteiger partial charge < -0.3 is 0 Å². The van der Waals surface area contributed by atoms with E-state index in [9.17, 15) is 9.59 Å². The lowest BCUT2D eigenvalue weighted by molar-refractivity contribution is 0.0970. The number of carbonyl (C=O) groups excluding carboxylic acids is 1. The Morgan fingerprint density at radius 1 is 1.15 bits per heavy atom. The molecule has 0 aliphatic rings. The maximum Gasteiger partial charge on any atom is 0.261 e. The molecule has 0 saturated heterocycles. The Kier molecular flexibility index (Phi) is 5.74. The molecule has 6 heteroatoms. The molecular formula is C20H18Cl2N2O2. The summed E-state index contributed by atoms with van der Waals surface area (Å²) in [6, 6.07) is 10.6. The lowest BCUT2D eigenvalue weighted by Gasteiger charge is -2.08. The number of halogens is 2. The maximum atomic E-state index is 12.6. The van der Waals surface area contributed by atoms with Gasteiger partial charge in [-0.25, -0.2) is 4.98 Å². The molecule has 26 heavy (non-hydrogen) atoms. The van der Waals surface area contributed by atoms with Crippen molar-refractivity contribution >= 4 is 39.9 Å². The number of aromatic nitrogens is 2. The quantitative estimate of drug-likeness (QED) is 0.562. The molecule has 3 rings (SSSR count). The summed E-state index contributed by atoms with van der Waals surface area (Å²) in [5.74, 6) is -0.150. The Balaban J connectivity index is 1.85. The highest BCUT2D eigenvalue weighted by Crippen LogP contribution is 2.24. The van der Waals surface area contributed by atoms with E-state index in [0.29, 0.717) is 26.5 Å². The molecule has 1 heterocycles. The molecule has 0 N–H and O–H groups in total. The Morgan fingerprint density at radius 2 is 1.88 bits per heavy atom. The van der Waals surface area contributed by atoms with E-state index in [2.05, 4.69) is 11.9 Å². The fourth-order valence-electron chi connectivity index (χ4n) is 2.79. The predicted molar refractivity (Wildman–Crippen MR) is 105 cm³/mol. The van der Waals surface area contributed by atoms with Crippen molar-refractivity contribution in [2.75, 3.05) is 0 Å². The first-order valence-electron chi connectivity index (χ1n) is 8.46. The number of rotatable bonds is 6. The average molecular weight is 389 g/mol. The van der Waals surface area contributed by atoms with Gasteiger partial charge in [-0.3, -0.25) is 14.2 Å². The number of nitrogens with zero attached hydrogens (tertiary/aromatic N) is 2. The fourth-order valence-corrected chi connectivity index (χ4v) is 3.33. The normalized spacial score (nSPS) is 11.0. The Labute approximate surface area is 161 Å². The van der Waals surface area contributed by atoms with Crippen LogP contribution in [0.4, 0.5) is 0 Å². The van der Waals surface area contributed by atoms with Gasteiger partial charge in [0.1, 0.15) is 0 Å². The van der Waals surface area contributed by atoms with Gasteiger partial charge in [0.15, 0.2) is 5.78 Å². The number of carbonyl (C=O) groups is 1. The molecule has 0 atom stereocenters. The largest absolute Gasteiger partial charge is 0.292 e. The first-order chi connectivity index (χ1) is 12.5. The van der Waals surface area contributed by atoms with E-state index in [1.807, 2.05) is 12.1 Å². The van der Waals surface area contributed by atoms with E-state index < -0.39 is 0 Å². The van der Waals surface area contributed by atoms with Gasteiger partial charge in [-0.05, 0) is 30.5 Å². The van der Waals surface area contributed by atoms with Crippen LogP contribution in [0.5, 0.6) is 0 Å². The molecule has 0 fully saturated rings. The molecule has 0 unspecified atom stereocenters. The van der Waals surface area contributed by atoms with Crippen molar-refractivity contribution < 1.29 is 4.79 Å². The molecule has 0 radical (unpaired) electrons. The average Bonchev–Trinajstić information content (AvgIpc) is 2.63. The number of hydrogen-bond donors (Lipinski definition) is 0. The third-order valence-corrected chi connectivity index (χ3v) is 4.76. The smallest absolute Gasteiger partial charge is 0.261 e. The maximum absolute atomic E-state index is 12.6. The molecule has 3 aromatic rings. The minimum Gasteiger partial charge on any atom is -0.292 e. The van der Waals surface area contributed by atoms with Crippen LogP contribution in [0.15, 0.2) is 47.5 Å². The van der Waals surface area contributed by atoms with E-state index in [4.69, 9.17) is 23.2 Å². The molecule has 1 aromatic heterocycles. The van der Waals surface area contributed by atoms with Crippen molar-refractivity contribution in [3.05, 3.63) is 74.3 Å². The van der Waals surface area contributed by atoms with Crippen molar-refractivity contribution in [2.24, 2.45) is 0 Å². The number of fused-ring (bicyclic) bond motifs is 1. The van der Waals surface area contributed by atoms with Gasteiger partial charge in [0.05, 0.1) is 28.8 Å². The Bertz CT molecular complexity index is 1010. The number of benzene rings is 2. The second-order valence-corrected chi connectivity index (χ2v) is 7.03. The van der Waals surface area contributed by atoms with Gasteiger partial charge in [0, 0.05) is 10.6 Å². The van der Waals surface area contributed by atoms with Crippen LogP contribution in [-0.2, 0) is 13.0 Å². The lowest BCUT2D eigenvalue weighted by atomic mass is 10.0. The van der Waals surface area contributed by atoms with Crippen molar-refractivity contribution in [1.29, 1.82) is 0 Å². The van der Waals surface area contributed by atoms with Crippen molar-refractivity contribution in [1.82, 2.24) is 9.55 Å². The zero-order valence-electron chi connectivity index (χ0n) is 14.3. The molecule has 0 bridgehead atoms. The van der Waals surface area contributed by atoms with E-state index in [1.54, 1.807) is 12.1 Å². The second kappa shape index (κ2) is 8.02. The topological polar surface area (TPSA) is 52.0 Å². The summed E-state index contributed by atoms with van der Waals surface area (Å²) in [6.07, 6.45) is 4.60. The van der Waals surface area contributed by atoms with Crippen LogP contribution in [-0.4, -0.2) is 15.3 Å². The first kappa shape index (κ1) is 18.6. The molecule has 0 aliphatic carbocycles. The van der Waals surface area contributed by atoms with E-state index in [-0.39, 0.29) is 17.9 Å². The molecular weight excluding hydrogens is 371 g/mol. The molecule has 0 amide bonds. The number of unbranched alkanes of at least 4 members (excludes halogenated alkanes) is 1. The molecule has 134 valence electrons. The number of aryl methyl sites for hydroxylation is 1. The Morgan fingerprint density at radius 3 is 2.58 bits per heavy atom. The molecule has 0 saturated carbocycles. The zero-order chi connectivity index (χ0) is 18.7. The minimum absolute atomic E-state index is 0.0831. The monoisotopic (exact) mass is 388 g/mol. The van der Waals surface area contributed by atoms with Crippen LogP contribution >= 0.6 is 23.2 Å². The van der Waals surface area contributed by atoms with Crippen LogP contribution < -0.4 is 5.56 Å². The first-order valence-corrected chi connectivity index (χ1v) is 9.21. The summed E-state index contributed by atoms with van der Waals surface area (Å²) in [6.45, 7) is 2.06. The van der Waals surface area contributed by atoms with Crippen molar-refractivity contribution in [2.45, 2.75) is 32.7 Å². The highest BCUT2D eigenvalue weighted by Gasteiger charge is 2.12. The predicted octanol–water partition coefficient (Wildman–Crippen LogP) is 4.93. The third-order valence-electron chi connectivity index (χ3n) is 4.25. The molecule has 0 aliphatic heterocycles. The summed E-state index contributed by atoms with van der Waals surface area (Å²) in [7, 11) is 0. The highest BCUT2D eigenvalue weighted by molar-refractivity contribution is 6.38. The van der Waals surface area contributed by atoms with Gasteiger partial charge in [-0.1, -0.05) is 60.8 Å². The highest BCUT2D eigenvalue weighted by atomic mass is 35.5. The molecule has 4 nitrogen and oxygen atoms in total. The third kappa shape index (κ3) is 3.97. The van der Waals surface area contributed by atoms with Gasteiger partial charge >= 0.3 is 0 Å². The summed E-state index contributed by atoms with van der Waals surface area (Å²) in [4.78, 5) is 29.3. The van der Waals surface area contributed by atoms with Crippen molar-refractivity contribution in [3.63, 3.8) is 0 Å². The minimum atomic E-state index is -0.340. The summed E-state index contributed by atoms with van der Waals surface area (Å²) < 4.78 is 1.28. The number of ketones is 1. The summed E-state index contributed by atoms with van der Waals surface area (Å²) >= 11 is 12.1. The summed E-state index contributed by atoms with van der Waals surface area (Å²) in [5.41, 5.74) is 1.82. The van der Waals surface area contributed by atoms with Gasteiger partial charge in [0.25, 0.3) is 5.56 Å². The van der Waals surface area contributed by atoms with Crippen LogP contribution in [0.25, 0.3) is 10.9 Å².